The Kier molecular flexibility index (Phi) is 7.87. The number of piperazine rings is 1. The molecule has 0 saturated carbocycles. The Morgan fingerprint density at radius 2 is 1.90 bits per heavy atom. The quantitative estimate of drug-likeness (QED) is 0.669. The van der Waals surface area contributed by atoms with Crippen molar-refractivity contribution in [3.63, 3.8) is 0 Å². The van der Waals surface area contributed by atoms with E-state index in [4.69, 9.17) is 22.1 Å². The van der Waals surface area contributed by atoms with Crippen LogP contribution < -0.4 is 10.6 Å². The summed E-state index contributed by atoms with van der Waals surface area (Å²) >= 11 is 9.57. The van der Waals surface area contributed by atoms with Crippen LogP contribution in [0.25, 0.3) is 10.9 Å². The number of rotatable bonds is 2. The van der Waals surface area contributed by atoms with E-state index in [2.05, 4.69) is 25.9 Å². The van der Waals surface area contributed by atoms with Gasteiger partial charge >= 0.3 is 6.09 Å². The molecule has 1 aromatic carbocycles. The van der Waals surface area contributed by atoms with Gasteiger partial charge in [-0.3, -0.25) is 9.69 Å². The molecule has 3 rings (SSSR count). The topological polar surface area (TPSA) is 102 Å². The lowest BCUT2D eigenvalue weighted by molar-refractivity contribution is -0.123. The van der Waals surface area contributed by atoms with E-state index in [1.807, 2.05) is 24.8 Å². The Bertz CT molecular complexity index is 935. The van der Waals surface area contributed by atoms with Gasteiger partial charge in [-0.2, -0.15) is 0 Å². The first-order valence-electron chi connectivity index (χ1n) is 9.70. The summed E-state index contributed by atoms with van der Waals surface area (Å²) in [4.78, 5) is 36.5. The second-order valence-electron chi connectivity index (χ2n) is 7.52. The molecule has 1 atom stereocenters. The maximum absolute atomic E-state index is 12.5. The van der Waals surface area contributed by atoms with Crippen molar-refractivity contribution in [2.24, 2.45) is 5.73 Å². The minimum atomic E-state index is -0.829. The van der Waals surface area contributed by atoms with E-state index in [0.29, 0.717) is 22.9 Å². The number of anilines is 1. The SMILES string of the molecule is CC.CC(C)(C)OC(=O)N1CCN(c2ncnc3cc(Cl)c(Br)cc23)CC1C(N)=O. The van der Waals surface area contributed by atoms with Crippen molar-refractivity contribution in [1.29, 1.82) is 0 Å². The van der Waals surface area contributed by atoms with Gasteiger partial charge in [0.25, 0.3) is 0 Å². The van der Waals surface area contributed by atoms with E-state index in [1.54, 1.807) is 26.8 Å². The summed E-state index contributed by atoms with van der Waals surface area (Å²) in [7, 11) is 0. The molecule has 2 heterocycles. The molecule has 1 aliphatic rings. The molecular formula is C20H27BrClN5O3. The van der Waals surface area contributed by atoms with E-state index in [1.165, 1.54) is 11.2 Å². The molecule has 2 aromatic rings. The van der Waals surface area contributed by atoms with Crippen molar-refractivity contribution < 1.29 is 14.3 Å². The number of carbonyl (C=O) groups is 2. The Morgan fingerprint density at radius 3 is 2.50 bits per heavy atom. The number of amides is 2. The van der Waals surface area contributed by atoms with Crippen molar-refractivity contribution in [2.45, 2.75) is 46.3 Å². The molecule has 2 amide bonds. The Balaban J connectivity index is 0.00000155. The lowest BCUT2D eigenvalue weighted by Crippen LogP contribution is -2.60. The predicted molar refractivity (Wildman–Crippen MR) is 122 cm³/mol. The van der Waals surface area contributed by atoms with Crippen molar-refractivity contribution >= 4 is 56.3 Å². The molecule has 1 aromatic heterocycles. The molecule has 0 radical (unpaired) electrons. The predicted octanol–water partition coefficient (Wildman–Crippen LogP) is 3.98. The fraction of sp³-hybridized carbons (Fsp3) is 0.500. The average molecular weight is 501 g/mol. The van der Waals surface area contributed by atoms with Crippen LogP contribution in [0.15, 0.2) is 22.9 Å². The van der Waals surface area contributed by atoms with Crippen molar-refractivity contribution in [2.75, 3.05) is 24.5 Å². The van der Waals surface area contributed by atoms with E-state index in [9.17, 15) is 9.59 Å². The third-order valence-corrected chi connectivity index (χ3v) is 5.49. The highest BCUT2D eigenvalue weighted by molar-refractivity contribution is 9.10. The molecule has 0 aliphatic carbocycles. The first-order chi connectivity index (χ1) is 14.1. The van der Waals surface area contributed by atoms with Gasteiger partial charge in [-0.1, -0.05) is 25.4 Å². The summed E-state index contributed by atoms with van der Waals surface area (Å²) in [6.07, 6.45) is 0.888. The summed E-state index contributed by atoms with van der Waals surface area (Å²) < 4.78 is 6.13. The van der Waals surface area contributed by atoms with Crippen LogP contribution in [0.4, 0.5) is 10.6 Å². The summed E-state index contributed by atoms with van der Waals surface area (Å²) in [5, 5.41) is 1.33. The molecule has 1 aliphatic heterocycles. The number of halogens is 2. The van der Waals surface area contributed by atoms with E-state index in [0.717, 1.165) is 9.86 Å². The molecule has 8 nitrogen and oxygen atoms in total. The van der Waals surface area contributed by atoms with Gasteiger partial charge in [-0.05, 0) is 48.8 Å². The zero-order valence-electron chi connectivity index (χ0n) is 17.8. The van der Waals surface area contributed by atoms with Crippen LogP contribution in [0.5, 0.6) is 0 Å². The Morgan fingerprint density at radius 1 is 1.23 bits per heavy atom. The highest BCUT2D eigenvalue weighted by Gasteiger charge is 2.37. The summed E-state index contributed by atoms with van der Waals surface area (Å²) in [6.45, 7) is 10.3. The first-order valence-corrected chi connectivity index (χ1v) is 10.9. The molecule has 0 bridgehead atoms. The minimum absolute atomic E-state index is 0.209. The third-order valence-electron chi connectivity index (χ3n) is 4.29. The number of nitrogens with two attached hydrogens (primary N) is 1. The summed E-state index contributed by atoms with van der Waals surface area (Å²) in [5.74, 6) is 0.0515. The second-order valence-corrected chi connectivity index (χ2v) is 8.78. The largest absolute Gasteiger partial charge is 0.444 e. The van der Waals surface area contributed by atoms with Crippen LogP contribution in [-0.4, -0.2) is 58.1 Å². The molecule has 1 saturated heterocycles. The lowest BCUT2D eigenvalue weighted by Gasteiger charge is -2.40. The highest BCUT2D eigenvalue weighted by Crippen LogP contribution is 2.32. The average Bonchev–Trinajstić information content (AvgIpc) is 2.68. The zero-order valence-corrected chi connectivity index (χ0v) is 20.1. The number of carbonyl (C=O) groups excluding carboxylic acids is 2. The molecular weight excluding hydrogens is 474 g/mol. The molecule has 0 spiro atoms. The highest BCUT2D eigenvalue weighted by atomic mass is 79.9. The smallest absolute Gasteiger partial charge is 0.411 e. The van der Waals surface area contributed by atoms with E-state index in [-0.39, 0.29) is 13.1 Å². The normalized spacial score (nSPS) is 16.7. The number of nitrogens with zero attached hydrogens (tertiary/aromatic N) is 4. The minimum Gasteiger partial charge on any atom is -0.444 e. The van der Waals surface area contributed by atoms with Gasteiger partial charge in [0.05, 0.1) is 10.5 Å². The lowest BCUT2D eigenvalue weighted by atomic mass is 10.1. The van der Waals surface area contributed by atoms with Crippen LogP contribution in [0, 0.1) is 0 Å². The molecule has 1 fully saturated rings. The number of primary amides is 1. The van der Waals surface area contributed by atoms with Crippen LogP contribution >= 0.6 is 27.5 Å². The van der Waals surface area contributed by atoms with Crippen LogP contribution in [0.1, 0.15) is 34.6 Å². The summed E-state index contributed by atoms with van der Waals surface area (Å²) in [6, 6.07) is 2.76. The zero-order chi connectivity index (χ0) is 22.6. The van der Waals surface area contributed by atoms with Crippen molar-refractivity contribution in [3.05, 3.63) is 28.0 Å². The third kappa shape index (κ3) is 5.51. The Hall–Kier alpha value is -2.13. The number of ether oxygens (including phenoxy) is 1. The van der Waals surface area contributed by atoms with Crippen molar-refractivity contribution in [1.82, 2.24) is 14.9 Å². The molecule has 10 heteroatoms. The van der Waals surface area contributed by atoms with Crippen molar-refractivity contribution in [3.8, 4) is 0 Å². The molecule has 1 unspecified atom stereocenters. The second kappa shape index (κ2) is 9.78. The maximum Gasteiger partial charge on any atom is 0.411 e. The van der Waals surface area contributed by atoms with Gasteiger partial charge in [0, 0.05) is 29.5 Å². The Labute approximate surface area is 189 Å². The van der Waals surface area contributed by atoms with Gasteiger partial charge in [0.2, 0.25) is 5.91 Å². The molecule has 2 N–H and O–H groups in total. The number of hydrogen-bond acceptors (Lipinski definition) is 6. The van der Waals surface area contributed by atoms with Crippen LogP contribution in [-0.2, 0) is 9.53 Å². The summed E-state index contributed by atoms with van der Waals surface area (Å²) in [5.41, 5.74) is 5.61. The number of hydrogen-bond donors (Lipinski definition) is 1. The maximum atomic E-state index is 12.5. The van der Waals surface area contributed by atoms with E-state index < -0.39 is 23.6 Å². The molecule has 164 valence electrons. The van der Waals surface area contributed by atoms with Gasteiger partial charge in [0.1, 0.15) is 23.8 Å². The molecule has 30 heavy (non-hydrogen) atoms. The number of benzene rings is 1. The fourth-order valence-electron chi connectivity index (χ4n) is 3.05. The van der Waals surface area contributed by atoms with Gasteiger partial charge in [0.15, 0.2) is 0 Å². The van der Waals surface area contributed by atoms with Crippen LogP contribution in [0.2, 0.25) is 5.02 Å². The van der Waals surface area contributed by atoms with Gasteiger partial charge < -0.3 is 15.4 Å². The van der Waals surface area contributed by atoms with E-state index >= 15 is 0 Å². The standard InChI is InChI=1S/C18H21BrClN5O3.C2H6/c1-18(2,3)28-17(27)25-5-4-24(8-14(25)15(21)26)16-10-6-11(19)12(20)7-13(10)22-9-23-16;1-2/h6-7,9,14H,4-5,8H2,1-3H3,(H2,21,26);1-2H3. The number of aromatic nitrogens is 2. The monoisotopic (exact) mass is 499 g/mol. The van der Waals surface area contributed by atoms with Crippen LogP contribution in [0.3, 0.4) is 0 Å². The number of fused-ring (bicyclic) bond motifs is 1. The van der Waals surface area contributed by atoms with Gasteiger partial charge in [-0.15, -0.1) is 0 Å². The first kappa shape index (κ1) is 24.1. The fourth-order valence-corrected chi connectivity index (χ4v) is 3.55. The van der Waals surface area contributed by atoms with Gasteiger partial charge in [-0.25, -0.2) is 14.8 Å².